The fourth-order valence-electron chi connectivity index (χ4n) is 6.34. The third kappa shape index (κ3) is 3.64. The van der Waals surface area contributed by atoms with Crippen molar-refractivity contribution in [2.75, 3.05) is 14.1 Å². The summed E-state index contributed by atoms with van der Waals surface area (Å²) < 4.78 is 0. The monoisotopic (exact) mass is 546 g/mol. The lowest BCUT2D eigenvalue weighted by Crippen LogP contribution is -2.70. The molecule has 10 heteroatoms. The van der Waals surface area contributed by atoms with E-state index in [1.165, 1.54) is 25.1 Å². The highest BCUT2D eigenvalue weighted by Crippen LogP contribution is 2.56. The van der Waals surface area contributed by atoms with E-state index in [9.17, 15) is 39.9 Å². The molecule has 1 fully saturated rings. The number of primary amides is 1. The maximum Gasteiger partial charge on any atom is 0.255 e. The molecule has 5 atom stereocenters. The van der Waals surface area contributed by atoms with Crippen LogP contribution in [0, 0.1) is 11.8 Å². The molecule has 0 aliphatic heterocycles. The third-order valence-electron chi connectivity index (χ3n) is 8.24. The summed E-state index contributed by atoms with van der Waals surface area (Å²) in [4.78, 5) is 41.0. The number of carbonyl (C=O) groups is 3. The number of aryl methyl sites for hydroxylation is 1. The molecule has 0 radical (unpaired) electrons. The Bertz CT molecular complexity index is 1550. The number of fused-ring (bicyclic) bond motifs is 3. The van der Waals surface area contributed by atoms with Gasteiger partial charge in [-0.25, -0.2) is 0 Å². The molecule has 208 valence electrons. The topological polar surface area (TPSA) is 182 Å². The largest absolute Gasteiger partial charge is 0.508 e. The summed E-state index contributed by atoms with van der Waals surface area (Å²) >= 11 is 0. The van der Waals surface area contributed by atoms with E-state index in [-0.39, 0.29) is 11.3 Å². The number of benzene rings is 2. The summed E-state index contributed by atoms with van der Waals surface area (Å²) in [5.74, 6) is -8.77. The van der Waals surface area contributed by atoms with Crippen molar-refractivity contribution >= 4 is 34.9 Å². The molecule has 40 heavy (non-hydrogen) atoms. The summed E-state index contributed by atoms with van der Waals surface area (Å²) in [6, 6.07) is 10.6. The number of hydrogen-bond acceptors (Lipinski definition) is 9. The minimum atomic E-state index is -2.97. The molecule has 5 rings (SSSR count). The van der Waals surface area contributed by atoms with Crippen LogP contribution in [0.1, 0.15) is 29.2 Å². The molecule has 1 amide bonds. The van der Waals surface area contributed by atoms with E-state index in [0.717, 1.165) is 12.0 Å². The predicted molar refractivity (Wildman–Crippen MR) is 146 cm³/mol. The second-order valence-electron chi connectivity index (χ2n) is 10.6. The number of ketones is 2. The molecular weight excluding hydrogens is 516 g/mol. The van der Waals surface area contributed by atoms with Crippen molar-refractivity contribution in [1.29, 1.82) is 0 Å². The Labute approximate surface area is 230 Å². The highest BCUT2D eigenvalue weighted by Gasteiger charge is 2.68. The van der Waals surface area contributed by atoms with E-state index >= 15 is 0 Å². The molecule has 0 bridgehead atoms. The maximum atomic E-state index is 14.2. The molecule has 0 unspecified atom stereocenters. The van der Waals surface area contributed by atoms with E-state index in [1.807, 2.05) is 31.2 Å². The standard InChI is InChI=1S/C30H30N2O8/c1-4-13-8-10-14(11-9-13)12-16-15-6-5-7-17(33)18(15)24(34)20-19(16)25(35)22-23(32(2)3)26(36)21(29(31)39)28(38)30(22,40)27(20)37/h5-12,19,22-23,25,33-35,38,40H,4H2,1-3H3,(H2,31,39)/b16-12+/t19-,22-,23+,25+,30+/m1/s1. The minimum absolute atomic E-state index is 0.0950. The summed E-state index contributed by atoms with van der Waals surface area (Å²) in [6.07, 6.45) is 0.800. The molecule has 1 saturated carbocycles. The lowest BCUT2D eigenvalue weighted by Gasteiger charge is -2.53. The van der Waals surface area contributed by atoms with Gasteiger partial charge in [-0.3, -0.25) is 19.3 Å². The zero-order chi connectivity index (χ0) is 29.3. The second-order valence-corrected chi connectivity index (χ2v) is 10.6. The van der Waals surface area contributed by atoms with Crippen molar-refractivity contribution in [3.8, 4) is 5.75 Å². The summed E-state index contributed by atoms with van der Waals surface area (Å²) in [7, 11) is 2.93. The minimum Gasteiger partial charge on any atom is -0.508 e. The number of nitrogens with zero attached hydrogens (tertiary/aromatic N) is 1. The van der Waals surface area contributed by atoms with E-state index in [4.69, 9.17) is 5.73 Å². The number of carbonyl (C=O) groups excluding carboxylic acids is 3. The van der Waals surface area contributed by atoms with Crippen LogP contribution < -0.4 is 5.73 Å². The van der Waals surface area contributed by atoms with E-state index in [0.29, 0.717) is 16.7 Å². The van der Waals surface area contributed by atoms with Gasteiger partial charge in [-0.2, -0.15) is 0 Å². The lowest BCUT2D eigenvalue weighted by atomic mass is 9.55. The Hall–Kier alpha value is -4.25. The van der Waals surface area contributed by atoms with Crippen LogP contribution in [0.15, 0.2) is 59.4 Å². The normalized spacial score (nSPS) is 29.0. The SMILES string of the molecule is CCc1ccc(/C=C2\c3cccc(O)c3C(O)=C3C(=O)[C@]4(O)C(O)=C(C(N)=O)C(=O)[C@@H](N(C)C)[C@@H]4[C@@H](O)[C@@H]32)cc1. The van der Waals surface area contributed by atoms with Crippen molar-refractivity contribution in [3.05, 3.63) is 81.6 Å². The van der Waals surface area contributed by atoms with Crippen molar-refractivity contribution < 1.29 is 39.9 Å². The molecule has 0 spiro atoms. The Kier molecular flexibility index (Phi) is 6.45. The van der Waals surface area contributed by atoms with E-state index in [1.54, 1.807) is 18.2 Å². The number of amides is 1. The van der Waals surface area contributed by atoms with Gasteiger partial charge in [0.15, 0.2) is 11.4 Å². The Morgan fingerprint density at radius 3 is 2.30 bits per heavy atom. The first-order valence-electron chi connectivity index (χ1n) is 12.8. The zero-order valence-electron chi connectivity index (χ0n) is 22.1. The van der Waals surface area contributed by atoms with Crippen molar-refractivity contribution in [3.63, 3.8) is 0 Å². The molecule has 10 nitrogen and oxygen atoms in total. The number of aromatic hydroxyl groups is 1. The number of aliphatic hydroxyl groups excluding tert-OH is 3. The summed E-state index contributed by atoms with van der Waals surface area (Å²) in [5, 5.41) is 56.8. The van der Waals surface area contributed by atoms with Crippen molar-refractivity contribution in [1.82, 2.24) is 4.90 Å². The number of phenolic OH excluding ortho intramolecular Hbond substituents is 1. The van der Waals surface area contributed by atoms with Crippen LogP contribution in [0.25, 0.3) is 17.4 Å². The van der Waals surface area contributed by atoms with Gasteiger partial charge in [0.25, 0.3) is 5.91 Å². The van der Waals surface area contributed by atoms with Gasteiger partial charge >= 0.3 is 0 Å². The van der Waals surface area contributed by atoms with Crippen LogP contribution in [0.5, 0.6) is 5.75 Å². The van der Waals surface area contributed by atoms with E-state index in [2.05, 4.69) is 0 Å². The molecule has 0 saturated heterocycles. The number of Topliss-reactive ketones (excluding diaryl/α,β-unsaturated/α-hetero) is 2. The number of phenols is 1. The number of hydrogen-bond donors (Lipinski definition) is 6. The van der Waals surface area contributed by atoms with Gasteiger partial charge < -0.3 is 31.3 Å². The van der Waals surface area contributed by atoms with Crippen LogP contribution >= 0.6 is 0 Å². The van der Waals surface area contributed by atoms with Gasteiger partial charge in [0.05, 0.1) is 29.2 Å². The lowest BCUT2D eigenvalue weighted by molar-refractivity contribution is -0.166. The van der Waals surface area contributed by atoms with Gasteiger partial charge in [0.1, 0.15) is 22.8 Å². The van der Waals surface area contributed by atoms with Gasteiger partial charge in [0.2, 0.25) is 5.78 Å². The van der Waals surface area contributed by atoms with Gasteiger partial charge in [-0.1, -0.05) is 49.4 Å². The molecule has 3 aliphatic carbocycles. The molecule has 7 N–H and O–H groups in total. The van der Waals surface area contributed by atoms with Crippen LogP contribution in [-0.4, -0.2) is 79.7 Å². The summed E-state index contributed by atoms with van der Waals surface area (Å²) in [5.41, 5.74) is 3.33. The van der Waals surface area contributed by atoms with Crippen molar-refractivity contribution in [2.45, 2.75) is 31.1 Å². The average Bonchev–Trinajstić information content (AvgIpc) is 2.90. The first-order valence-corrected chi connectivity index (χ1v) is 12.8. The Morgan fingerprint density at radius 1 is 1.07 bits per heavy atom. The zero-order valence-corrected chi connectivity index (χ0v) is 22.1. The van der Waals surface area contributed by atoms with Gasteiger partial charge in [-0.05, 0) is 48.8 Å². The fraction of sp³-hybridized carbons (Fsp3) is 0.300. The van der Waals surface area contributed by atoms with Gasteiger partial charge in [-0.15, -0.1) is 0 Å². The predicted octanol–water partition coefficient (Wildman–Crippen LogP) is 1.50. The third-order valence-corrected chi connectivity index (χ3v) is 8.24. The Morgan fingerprint density at radius 2 is 1.73 bits per heavy atom. The molecule has 2 aromatic rings. The second kappa shape index (κ2) is 9.44. The number of rotatable bonds is 4. The quantitative estimate of drug-likeness (QED) is 0.310. The van der Waals surface area contributed by atoms with Gasteiger partial charge in [0, 0.05) is 5.92 Å². The highest BCUT2D eigenvalue weighted by atomic mass is 16.4. The van der Waals surface area contributed by atoms with Crippen LogP contribution in [0.3, 0.4) is 0 Å². The van der Waals surface area contributed by atoms with Crippen molar-refractivity contribution in [2.24, 2.45) is 17.6 Å². The first-order chi connectivity index (χ1) is 18.9. The number of nitrogens with two attached hydrogens (primary N) is 1. The number of aliphatic hydroxyl groups is 4. The molecule has 3 aliphatic rings. The van der Waals surface area contributed by atoms with Crippen LogP contribution in [0.2, 0.25) is 0 Å². The first kappa shape index (κ1) is 27.3. The Balaban J connectivity index is 1.84. The number of likely N-dealkylation sites (N-methyl/N-ethyl adjacent to an activating group) is 1. The highest BCUT2D eigenvalue weighted by molar-refractivity contribution is 6.25. The molecule has 0 heterocycles. The van der Waals surface area contributed by atoms with Crippen LogP contribution in [0.4, 0.5) is 0 Å². The fourth-order valence-corrected chi connectivity index (χ4v) is 6.34. The van der Waals surface area contributed by atoms with E-state index < -0.39 is 69.7 Å². The summed E-state index contributed by atoms with van der Waals surface area (Å²) in [6.45, 7) is 2.01. The molecule has 2 aromatic carbocycles. The molecular formula is C30H30N2O8. The molecule has 0 aromatic heterocycles. The van der Waals surface area contributed by atoms with Crippen LogP contribution in [-0.2, 0) is 20.8 Å². The maximum absolute atomic E-state index is 14.2. The smallest absolute Gasteiger partial charge is 0.255 e. The average molecular weight is 547 g/mol.